The van der Waals surface area contributed by atoms with Gasteiger partial charge in [-0.2, -0.15) is 0 Å². The van der Waals surface area contributed by atoms with Crippen molar-refractivity contribution in [3.63, 3.8) is 0 Å². The first-order valence-corrected chi connectivity index (χ1v) is 9.94. The van der Waals surface area contributed by atoms with E-state index >= 15 is 0 Å². The van der Waals surface area contributed by atoms with E-state index in [-0.39, 0.29) is 18.0 Å². The van der Waals surface area contributed by atoms with Gasteiger partial charge in [0, 0.05) is 16.2 Å². The molecule has 0 aliphatic carbocycles. The molecule has 138 valence electrons. The minimum Gasteiger partial charge on any atom is -0.454 e. The molecule has 0 unspecified atom stereocenters. The van der Waals surface area contributed by atoms with E-state index in [1.165, 1.54) is 11.8 Å². The van der Waals surface area contributed by atoms with E-state index in [1.54, 1.807) is 24.4 Å². The smallest absolute Gasteiger partial charge is 0.237 e. The lowest BCUT2D eigenvalue weighted by Crippen LogP contribution is -2.22. The molecular weight excluding hydrogens is 430 g/mol. The molecule has 0 bridgehead atoms. The first kappa shape index (κ1) is 17.9. The number of benzene rings is 2. The van der Waals surface area contributed by atoms with Gasteiger partial charge in [-0.05, 0) is 36.8 Å². The molecule has 0 fully saturated rings. The minimum absolute atomic E-state index is 0.111. The van der Waals surface area contributed by atoms with Crippen LogP contribution in [0.5, 0.6) is 11.5 Å². The summed E-state index contributed by atoms with van der Waals surface area (Å²) in [5.74, 6) is 1.21. The average molecular weight is 446 g/mol. The van der Waals surface area contributed by atoms with Crippen LogP contribution in [-0.4, -0.2) is 27.9 Å². The predicted octanol–water partition coefficient (Wildman–Crippen LogP) is 4.69. The van der Waals surface area contributed by atoms with Gasteiger partial charge >= 0.3 is 0 Å². The number of nitrogens with zero attached hydrogens (tertiary/aromatic N) is 1. The van der Waals surface area contributed by atoms with Crippen LogP contribution >= 0.6 is 27.7 Å². The number of fused-ring (bicyclic) bond motifs is 1. The molecule has 1 aromatic heterocycles. The first-order chi connectivity index (χ1) is 13.1. The second-order valence-corrected chi connectivity index (χ2v) is 8.17. The first-order valence-electron chi connectivity index (χ1n) is 8.26. The van der Waals surface area contributed by atoms with Crippen LogP contribution in [0.3, 0.4) is 0 Å². The highest BCUT2D eigenvalue weighted by atomic mass is 79.9. The third kappa shape index (κ3) is 4.12. The van der Waals surface area contributed by atoms with Gasteiger partial charge in [-0.3, -0.25) is 4.79 Å². The fourth-order valence-corrected chi connectivity index (χ4v) is 3.63. The maximum Gasteiger partial charge on any atom is 0.237 e. The van der Waals surface area contributed by atoms with Crippen molar-refractivity contribution in [2.24, 2.45) is 0 Å². The number of carbonyl (C=O) groups excluding carboxylic acids is 1. The maximum atomic E-state index is 12.5. The molecule has 1 aliphatic heterocycles. The number of H-pyrrole nitrogens is 1. The summed E-state index contributed by atoms with van der Waals surface area (Å²) >= 11 is 4.80. The van der Waals surface area contributed by atoms with E-state index in [9.17, 15) is 4.79 Å². The molecule has 0 saturated carbocycles. The maximum absolute atomic E-state index is 12.5. The molecule has 1 atom stereocenters. The number of hydrogen-bond acceptors (Lipinski definition) is 5. The Morgan fingerprint density at radius 1 is 1.22 bits per heavy atom. The summed E-state index contributed by atoms with van der Waals surface area (Å²) in [4.78, 5) is 20.1. The van der Waals surface area contributed by atoms with E-state index in [1.807, 2.05) is 31.2 Å². The number of halogens is 1. The van der Waals surface area contributed by atoms with Crippen LogP contribution in [0.1, 0.15) is 6.92 Å². The average Bonchev–Trinajstić information content (AvgIpc) is 3.31. The van der Waals surface area contributed by atoms with Crippen molar-refractivity contribution < 1.29 is 14.3 Å². The summed E-state index contributed by atoms with van der Waals surface area (Å²) in [7, 11) is 0. The number of aromatic nitrogens is 2. The van der Waals surface area contributed by atoms with Gasteiger partial charge in [0.05, 0.1) is 17.1 Å². The number of aromatic amines is 1. The molecule has 4 rings (SSSR count). The third-order valence-electron chi connectivity index (χ3n) is 4.01. The molecule has 3 aromatic rings. The lowest BCUT2D eigenvalue weighted by Gasteiger charge is -2.11. The quantitative estimate of drug-likeness (QED) is 0.557. The second kappa shape index (κ2) is 7.66. The van der Waals surface area contributed by atoms with E-state index in [0.717, 1.165) is 15.7 Å². The monoisotopic (exact) mass is 445 g/mol. The molecule has 2 N–H and O–H groups in total. The van der Waals surface area contributed by atoms with Gasteiger partial charge in [0.15, 0.2) is 16.7 Å². The van der Waals surface area contributed by atoms with Crippen molar-refractivity contribution in [1.29, 1.82) is 0 Å². The number of nitrogens with one attached hydrogen (secondary N) is 2. The predicted molar refractivity (Wildman–Crippen MR) is 108 cm³/mol. The van der Waals surface area contributed by atoms with Crippen LogP contribution in [0.15, 0.2) is 58.3 Å². The molecule has 8 heteroatoms. The van der Waals surface area contributed by atoms with Gasteiger partial charge in [-0.15, -0.1) is 0 Å². The zero-order chi connectivity index (χ0) is 18.8. The van der Waals surface area contributed by atoms with Crippen molar-refractivity contribution in [3.8, 4) is 22.8 Å². The Kier molecular flexibility index (Phi) is 5.09. The molecule has 1 amide bonds. The minimum atomic E-state index is -0.320. The van der Waals surface area contributed by atoms with Crippen molar-refractivity contribution in [3.05, 3.63) is 53.1 Å². The Bertz CT molecular complexity index is 975. The standard InChI is InChI=1S/C19H16BrN3O3S/c1-11(18(24)22-14-6-7-16-17(8-14)26-10-25-16)27-19-21-9-15(23-19)12-2-4-13(20)5-3-12/h2-9,11H,10H2,1H3,(H,21,23)(H,22,24)/t11-/m0/s1. The zero-order valence-electron chi connectivity index (χ0n) is 14.4. The summed E-state index contributed by atoms with van der Waals surface area (Å²) in [5, 5.41) is 3.27. The van der Waals surface area contributed by atoms with Crippen molar-refractivity contribution in [2.45, 2.75) is 17.3 Å². The van der Waals surface area contributed by atoms with Crippen LogP contribution < -0.4 is 14.8 Å². The highest BCUT2D eigenvalue weighted by Crippen LogP contribution is 2.34. The molecule has 0 saturated heterocycles. The van der Waals surface area contributed by atoms with Gasteiger partial charge in [-0.25, -0.2) is 4.98 Å². The van der Waals surface area contributed by atoms with Gasteiger partial charge in [0.25, 0.3) is 0 Å². The molecule has 27 heavy (non-hydrogen) atoms. The molecule has 0 radical (unpaired) electrons. The normalized spacial score (nSPS) is 13.4. The number of rotatable bonds is 5. The van der Waals surface area contributed by atoms with E-state index < -0.39 is 0 Å². The number of thioether (sulfide) groups is 1. The van der Waals surface area contributed by atoms with Gasteiger partial charge in [0.2, 0.25) is 12.7 Å². The largest absolute Gasteiger partial charge is 0.454 e. The van der Waals surface area contributed by atoms with Gasteiger partial charge in [-0.1, -0.05) is 39.8 Å². The molecular formula is C19H16BrN3O3S. The summed E-state index contributed by atoms with van der Waals surface area (Å²) < 4.78 is 11.6. The summed E-state index contributed by atoms with van der Waals surface area (Å²) in [5.41, 5.74) is 2.62. The van der Waals surface area contributed by atoms with Crippen molar-refractivity contribution in [1.82, 2.24) is 9.97 Å². The number of ether oxygens (including phenoxy) is 2. The summed E-state index contributed by atoms with van der Waals surface area (Å²) in [6, 6.07) is 13.3. The Hall–Kier alpha value is -2.45. The number of amides is 1. The van der Waals surface area contributed by atoms with E-state index in [4.69, 9.17) is 9.47 Å². The number of imidazole rings is 1. The van der Waals surface area contributed by atoms with Gasteiger partial charge in [0.1, 0.15) is 0 Å². The summed E-state index contributed by atoms with van der Waals surface area (Å²) in [6.45, 7) is 2.05. The molecule has 2 heterocycles. The van der Waals surface area contributed by atoms with Crippen LogP contribution in [0.2, 0.25) is 0 Å². The van der Waals surface area contributed by atoms with E-state index in [0.29, 0.717) is 22.3 Å². The van der Waals surface area contributed by atoms with Crippen molar-refractivity contribution in [2.75, 3.05) is 12.1 Å². The fraction of sp³-hybridized carbons (Fsp3) is 0.158. The Balaban J connectivity index is 1.39. The highest BCUT2D eigenvalue weighted by Gasteiger charge is 2.19. The van der Waals surface area contributed by atoms with Crippen LogP contribution in [0.4, 0.5) is 5.69 Å². The molecule has 0 spiro atoms. The SMILES string of the molecule is C[C@H](Sc1ncc(-c2ccc(Br)cc2)[nH]1)C(=O)Nc1ccc2c(c1)OCO2. The molecule has 1 aliphatic rings. The molecule has 6 nitrogen and oxygen atoms in total. The van der Waals surface area contributed by atoms with E-state index in [2.05, 4.69) is 31.2 Å². The number of carbonyl (C=O) groups is 1. The molecule has 2 aromatic carbocycles. The van der Waals surface area contributed by atoms with Crippen LogP contribution in [-0.2, 0) is 4.79 Å². The Labute approximate surface area is 168 Å². The lowest BCUT2D eigenvalue weighted by atomic mass is 10.2. The summed E-state index contributed by atoms with van der Waals surface area (Å²) in [6.07, 6.45) is 1.77. The number of anilines is 1. The third-order valence-corrected chi connectivity index (χ3v) is 5.53. The van der Waals surface area contributed by atoms with Gasteiger partial charge < -0.3 is 19.8 Å². The topological polar surface area (TPSA) is 76.2 Å². The van der Waals surface area contributed by atoms with Crippen LogP contribution in [0, 0.1) is 0 Å². The van der Waals surface area contributed by atoms with Crippen molar-refractivity contribution >= 4 is 39.3 Å². The second-order valence-electron chi connectivity index (χ2n) is 5.93. The Morgan fingerprint density at radius 3 is 2.81 bits per heavy atom. The highest BCUT2D eigenvalue weighted by molar-refractivity contribution is 9.10. The Morgan fingerprint density at radius 2 is 2.00 bits per heavy atom. The lowest BCUT2D eigenvalue weighted by molar-refractivity contribution is -0.115. The fourth-order valence-electron chi connectivity index (χ4n) is 2.58. The zero-order valence-corrected chi connectivity index (χ0v) is 16.8. The number of hydrogen-bond donors (Lipinski definition) is 2. The van der Waals surface area contributed by atoms with Crippen LogP contribution in [0.25, 0.3) is 11.3 Å².